The molecule has 1 rings (SSSR count). The first-order valence-corrected chi connectivity index (χ1v) is 5.82. The zero-order chi connectivity index (χ0) is 12.9. The number of hydrogen-bond acceptors (Lipinski definition) is 3. The summed E-state index contributed by atoms with van der Waals surface area (Å²) < 4.78 is 18.3. The van der Waals surface area contributed by atoms with Crippen LogP contribution >= 0.6 is 0 Å². The molecule has 0 bridgehead atoms. The molecule has 3 N–H and O–H groups in total. The van der Waals surface area contributed by atoms with Crippen LogP contribution in [0.4, 0.5) is 4.39 Å². The van der Waals surface area contributed by atoms with E-state index in [9.17, 15) is 4.39 Å². The molecule has 0 saturated heterocycles. The molecule has 0 saturated carbocycles. The number of benzene rings is 1. The molecule has 4 heteroatoms. The van der Waals surface area contributed by atoms with E-state index in [1.807, 2.05) is 6.07 Å². The largest absolute Gasteiger partial charge is 0.494 e. The SMILES string of the molecule is CCC(C)(CN)NCc1ccc(OC)c(F)c1. The van der Waals surface area contributed by atoms with E-state index < -0.39 is 0 Å². The highest BCUT2D eigenvalue weighted by Gasteiger charge is 2.18. The number of nitrogens with one attached hydrogen (secondary N) is 1. The van der Waals surface area contributed by atoms with Gasteiger partial charge >= 0.3 is 0 Å². The number of hydrogen-bond donors (Lipinski definition) is 2. The second-order valence-corrected chi connectivity index (χ2v) is 4.44. The molecular weight excluding hydrogens is 219 g/mol. The molecule has 0 spiro atoms. The number of nitrogens with two attached hydrogens (primary N) is 1. The molecule has 0 aromatic heterocycles. The monoisotopic (exact) mass is 240 g/mol. The van der Waals surface area contributed by atoms with Gasteiger partial charge in [-0.05, 0) is 31.0 Å². The predicted molar refractivity (Wildman–Crippen MR) is 67.5 cm³/mol. The van der Waals surface area contributed by atoms with Gasteiger partial charge < -0.3 is 15.8 Å². The van der Waals surface area contributed by atoms with Gasteiger partial charge in [0.2, 0.25) is 0 Å². The van der Waals surface area contributed by atoms with Gasteiger partial charge in [0.1, 0.15) is 0 Å². The van der Waals surface area contributed by atoms with Crippen molar-refractivity contribution in [2.45, 2.75) is 32.4 Å². The number of rotatable bonds is 6. The van der Waals surface area contributed by atoms with E-state index in [-0.39, 0.29) is 17.1 Å². The third-order valence-corrected chi connectivity index (χ3v) is 3.17. The normalized spacial score (nSPS) is 14.4. The molecule has 0 radical (unpaired) electrons. The molecule has 0 heterocycles. The second kappa shape index (κ2) is 5.98. The van der Waals surface area contributed by atoms with Crippen molar-refractivity contribution in [1.29, 1.82) is 0 Å². The molecule has 1 aromatic carbocycles. The molecule has 1 aromatic rings. The van der Waals surface area contributed by atoms with Gasteiger partial charge in [-0.15, -0.1) is 0 Å². The summed E-state index contributed by atoms with van der Waals surface area (Å²) >= 11 is 0. The fourth-order valence-electron chi connectivity index (χ4n) is 1.48. The average Bonchev–Trinajstić information content (AvgIpc) is 2.36. The van der Waals surface area contributed by atoms with Crippen LogP contribution in [0.5, 0.6) is 5.75 Å². The van der Waals surface area contributed by atoms with Crippen LogP contribution in [0.15, 0.2) is 18.2 Å². The highest BCUT2D eigenvalue weighted by Crippen LogP contribution is 2.18. The van der Waals surface area contributed by atoms with E-state index in [4.69, 9.17) is 10.5 Å². The molecule has 0 amide bonds. The van der Waals surface area contributed by atoms with Crippen LogP contribution < -0.4 is 15.8 Å². The topological polar surface area (TPSA) is 47.3 Å². The van der Waals surface area contributed by atoms with E-state index in [2.05, 4.69) is 19.2 Å². The minimum absolute atomic E-state index is 0.101. The van der Waals surface area contributed by atoms with Gasteiger partial charge in [0.05, 0.1) is 7.11 Å². The highest BCUT2D eigenvalue weighted by molar-refractivity contribution is 5.29. The molecule has 1 unspecified atom stereocenters. The zero-order valence-electron chi connectivity index (χ0n) is 10.7. The molecule has 0 fully saturated rings. The van der Waals surface area contributed by atoms with Crippen molar-refractivity contribution in [2.24, 2.45) is 5.73 Å². The Morgan fingerprint density at radius 1 is 1.47 bits per heavy atom. The van der Waals surface area contributed by atoms with E-state index in [1.54, 1.807) is 6.07 Å². The maximum atomic E-state index is 13.5. The maximum absolute atomic E-state index is 13.5. The van der Waals surface area contributed by atoms with Gasteiger partial charge in [-0.2, -0.15) is 0 Å². The lowest BCUT2D eigenvalue weighted by atomic mass is 9.99. The first kappa shape index (κ1) is 13.9. The smallest absolute Gasteiger partial charge is 0.165 e. The number of halogens is 1. The van der Waals surface area contributed by atoms with Crippen molar-refractivity contribution in [2.75, 3.05) is 13.7 Å². The minimum atomic E-state index is -0.335. The Bertz CT molecular complexity index is 364. The summed E-state index contributed by atoms with van der Waals surface area (Å²) in [6, 6.07) is 4.97. The fourth-order valence-corrected chi connectivity index (χ4v) is 1.48. The third-order valence-electron chi connectivity index (χ3n) is 3.17. The fraction of sp³-hybridized carbons (Fsp3) is 0.538. The number of ether oxygens (including phenoxy) is 1. The van der Waals surface area contributed by atoms with Crippen molar-refractivity contribution in [3.8, 4) is 5.75 Å². The Morgan fingerprint density at radius 3 is 2.65 bits per heavy atom. The lowest BCUT2D eigenvalue weighted by Gasteiger charge is -2.28. The van der Waals surface area contributed by atoms with Gasteiger partial charge in [-0.3, -0.25) is 0 Å². The van der Waals surface area contributed by atoms with E-state index in [0.717, 1.165) is 12.0 Å². The van der Waals surface area contributed by atoms with Gasteiger partial charge in [0.15, 0.2) is 11.6 Å². The van der Waals surface area contributed by atoms with Crippen LogP contribution in [0.25, 0.3) is 0 Å². The molecule has 1 atom stereocenters. The summed E-state index contributed by atoms with van der Waals surface area (Å²) in [5.41, 5.74) is 6.49. The first-order chi connectivity index (χ1) is 8.04. The molecule has 0 aliphatic carbocycles. The van der Waals surface area contributed by atoms with Crippen LogP contribution in [0.1, 0.15) is 25.8 Å². The standard InChI is InChI=1S/C13H21FN2O/c1-4-13(2,9-15)16-8-10-5-6-12(17-3)11(14)7-10/h5-7,16H,4,8-9,15H2,1-3H3. The Kier molecular flexibility index (Phi) is 4.90. The van der Waals surface area contributed by atoms with Gasteiger partial charge in [-0.1, -0.05) is 13.0 Å². The number of methoxy groups -OCH3 is 1. The molecular formula is C13H21FN2O. The predicted octanol–water partition coefficient (Wildman–Crippen LogP) is 2.05. The van der Waals surface area contributed by atoms with Crippen LogP contribution in [0, 0.1) is 5.82 Å². The van der Waals surface area contributed by atoms with Gasteiger partial charge in [0.25, 0.3) is 0 Å². The zero-order valence-corrected chi connectivity index (χ0v) is 10.7. The Hall–Kier alpha value is -1.13. The van der Waals surface area contributed by atoms with Crippen molar-refractivity contribution in [3.63, 3.8) is 0 Å². The Morgan fingerprint density at radius 2 is 2.18 bits per heavy atom. The van der Waals surface area contributed by atoms with Crippen molar-refractivity contribution in [1.82, 2.24) is 5.32 Å². The Labute approximate surface area is 102 Å². The summed E-state index contributed by atoms with van der Waals surface area (Å²) in [5, 5.41) is 3.34. The van der Waals surface area contributed by atoms with Gasteiger partial charge in [-0.25, -0.2) is 4.39 Å². The van der Waals surface area contributed by atoms with Crippen molar-refractivity contribution in [3.05, 3.63) is 29.6 Å². The van der Waals surface area contributed by atoms with Gasteiger partial charge in [0, 0.05) is 18.6 Å². The van der Waals surface area contributed by atoms with E-state index >= 15 is 0 Å². The summed E-state index contributed by atoms with van der Waals surface area (Å²) in [4.78, 5) is 0. The molecule has 0 aliphatic heterocycles. The quantitative estimate of drug-likeness (QED) is 0.800. The third kappa shape index (κ3) is 3.68. The summed E-state index contributed by atoms with van der Waals surface area (Å²) in [6.45, 7) is 5.30. The van der Waals surface area contributed by atoms with Crippen LogP contribution in [-0.4, -0.2) is 19.2 Å². The van der Waals surface area contributed by atoms with Crippen LogP contribution in [0.3, 0.4) is 0 Å². The minimum Gasteiger partial charge on any atom is -0.494 e. The lowest BCUT2D eigenvalue weighted by Crippen LogP contribution is -2.47. The van der Waals surface area contributed by atoms with Crippen molar-refractivity contribution < 1.29 is 9.13 Å². The molecule has 96 valence electrons. The summed E-state index contributed by atoms with van der Waals surface area (Å²) in [6.07, 6.45) is 0.933. The van der Waals surface area contributed by atoms with Crippen LogP contribution in [0.2, 0.25) is 0 Å². The molecule has 17 heavy (non-hydrogen) atoms. The highest BCUT2D eigenvalue weighted by atomic mass is 19.1. The summed E-state index contributed by atoms with van der Waals surface area (Å²) in [7, 11) is 1.46. The van der Waals surface area contributed by atoms with Crippen LogP contribution in [-0.2, 0) is 6.54 Å². The maximum Gasteiger partial charge on any atom is 0.165 e. The van der Waals surface area contributed by atoms with E-state index in [0.29, 0.717) is 13.1 Å². The molecule has 3 nitrogen and oxygen atoms in total. The average molecular weight is 240 g/mol. The van der Waals surface area contributed by atoms with Crippen molar-refractivity contribution >= 4 is 0 Å². The lowest BCUT2D eigenvalue weighted by molar-refractivity contribution is 0.349. The Balaban J connectivity index is 2.67. The summed E-state index contributed by atoms with van der Waals surface area (Å²) in [5.74, 6) is -0.0661. The second-order valence-electron chi connectivity index (χ2n) is 4.44. The first-order valence-electron chi connectivity index (χ1n) is 5.82. The molecule has 0 aliphatic rings. The van der Waals surface area contributed by atoms with E-state index in [1.165, 1.54) is 13.2 Å².